The van der Waals surface area contributed by atoms with Crippen LogP contribution in [0.25, 0.3) is 0 Å². The van der Waals surface area contributed by atoms with Gasteiger partial charge in [-0.05, 0) is 32.6 Å². The first-order chi connectivity index (χ1) is 8.02. The maximum Gasteiger partial charge on any atom is 0.130 e. The van der Waals surface area contributed by atoms with E-state index in [0.717, 1.165) is 50.2 Å². The Kier molecular flexibility index (Phi) is 3.76. The number of nitrogens with zero attached hydrogens (tertiary/aromatic N) is 2. The Balaban J connectivity index is 2.18. The number of hydrogen-bond donors (Lipinski definition) is 1. The van der Waals surface area contributed by atoms with E-state index >= 15 is 0 Å². The van der Waals surface area contributed by atoms with Crippen molar-refractivity contribution in [2.75, 3.05) is 13.2 Å². The molecule has 17 heavy (non-hydrogen) atoms. The molecular weight excluding hydrogens is 238 g/mol. The van der Waals surface area contributed by atoms with E-state index in [2.05, 4.69) is 5.10 Å². The molecule has 0 aromatic carbocycles. The first-order valence-corrected chi connectivity index (χ1v) is 6.44. The largest absolute Gasteiger partial charge is 0.381 e. The zero-order valence-electron chi connectivity index (χ0n) is 10.5. The molecule has 0 spiro atoms. The van der Waals surface area contributed by atoms with E-state index in [0.29, 0.717) is 5.15 Å². The molecule has 2 heterocycles. The molecule has 0 amide bonds. The maximum atomic E-state index is 6.46. The van der Waals surface area contributed by atoms with E-state index in [4.69, 9.17) is 22.1 Å². The molecule has 0 aliphatic carbocycles. The minimum absolute atomic E-state index is 0.200. The van der Waals surface area contributed by atoms with Crippen molar-refractivity contribution in [3.8, 4) is 0 Å². The summed E-state index contributed by atoms with van der Waals surface area (Å²) in [6.45, 7) is 3.55. The van der Waals surface area contributed by atoms with Crippen LogP contribution in [0.5, 0.6) is 0 Å². The summed E-state index contributed by atoms with van der Waals surface area (Å²) in [5.41, 5.74) is 8.32. The van der Waals surface area contributed by atoms with Crippen molar-refractivity contribution < 1.29 is 4.74 Å². The first-order valence-electron chi connectivity index (χ1n) is 6.06. The van der Waals surface area contributed by atoms with Crippen LogP contribution in [0, 0.1) is 6.92 Å². The van der Waals surface area contributed by atoms with Gasteiger partial charge < -0.3 is 10.5 Å². The number of hydrogen-bond acceptors (Lipinski definition) is 3. The highest BCUT2D eigenvalue weighted by molar-refractivity contribution is 6.30. The molecule has 1 aromatic heterocycles. The highest BCUT2D eigenvalue weighted by Crippen LogP contribution is 2.28. The van der Waals surface area contributed by atoms with Crippen LogP contribution < -0.4 is 5.73 Å². The Morgan fingerprint density at radius 1 is 1.47 bits per heavy atom. The van der Waals surface area contributed by atoms with Crippen molar-refractivity contribution in [1.82, 2.24) is 9.78 Å². The van der Waals surface area contributed by atoms with E-state index in [1.54, 1.807) is 4.68 Å². The zero-order chi connectivity index (χ0) is 12.5. The highest BCUT2D eigenvalue weighted by Gasteiger charge is 2.29. The number of rotatable bonds is 2. The van der Waals surface area contributed by atoms with E-state index in [9.17, 15) is 0 Å². The van der Waals surface area contributed by atoms with Crippen LogP contribution in [0.4, 0.5) is 0 Å². The third kappa shape index (κ3) is 2.81. The van der Waals surface area contributed by atoms with E-state index in [-0.39, 0.29) is 5.54 Å². The third-order valence-electron chi connectivity index (χ3n) is 3.51. The van der Waals surface area contributed by atoms with E-state index < -0.39 is 0 Å². The van der Waals surface area contributed by atoms with Crippen LogP contribution in [-0.2, 0) is 18.2 Å². The smallest absolute Gasteiger partial charge is 0.130 e. The zero-order valence-corrected chi connectivity index (χ0v) is 11.3. The van der Waals surface area contributed by atoms with Gasteiger partial charge in [-0.2, -0.15) is 5.10 Å². The summed E-state index contributed by atoms with van der Waals surface area (Å²) >= 11 is 6.25. The molecule has 1 aliphatic heterocycles. The van der Waals surface area contributed by atoms with Gasteiger partial charge in [-0.25, -0.2) is 0 Å². The first kappa shape index (κ1) is 12.9. The molecular formula is C12H20ClN3O. The Bertz CT molecular complexity index is 395. The number of aryl methyl sites for hydroxylation is 2. The number of aromatic nitrogens is 2. The van der Waals surface area contributed by atoms with Crippen LogP contribution in [0.1, 0.15) is 30.5 Å². The standard InChI is InChI=1S/C12H20ClN3O/c1-9-10(11(13)16(2)15-9)8-12(14)4-3-6-17-7-5-12/h3-8,14H2,1-2H3. The molecule has 96 valence electrons. The fourth-order valence-corrected chi connectivity index (χ4v) is 2.67. The van der Waals surface area contributed by atoms with Gasteiger partial charge >= 0.3 is 0 Å². The molecule has 1 aliphatic rings. The summed E-state index contributed by atoms with van der Waals surface area (Å²) in [5.74, 6) is 0. The van der Waals surface area contributed by atoms with Gasteiger partial charge in [0.15, 0.2) is 0 Å². The van der Waals surface area contributed by atoms with Gasteiger partial charge in [0.05, 0.1) is 5.69 Å². The van der Waals surface area contributed by atoms with Crippen molar-refractivity contribution in [2.45, 2.75) is 38.1 Å². The number of nitrogens with two attached hydrogens (primary N) is 1. The fourth-order valence-electron chi connectivity index (χ4n) is 2.43. The van der Waals surface area contributed by atoms with Crippen LogP contribution >= 0.6 is 11.6 Å². The molecule has 0 radical (unpaired) electrons. The van der Waals surface area contributed by atoms with Gasteiger partial charge in [0.25, 0.3) is 0 Å². The predicted octanol–water partition coefficient (Wildman–Crippen LogP) is 1.82. The molecule has 1 fully saturated rings. The summed E-state index contributed by atoms with van der Waals surface area (Å²) in [5, 5.41) is 5.03. The van der Waals surface area contributed by atoms with Gasteiger partial charge in [-0.3, -0.25) is 4.68 Å². The highest BCUT2D eigenvalue weighted by atomic mass is 35.5. The minimum atomic E-state index is -0.200. The molecule has 1 aromatic rings. The summed E-state index contributed by atoms with van der Waals surface area (Å²) in [6.07, 6.45) is 3.68. The second kappa shape index (κ2) is 4.96. The van der Waals surface area contributed by atoms with Crippen LogP contribution in [-0.4, -0.2) is 28.5 Å². The second-order valence-corrected chi connectivity index (χ2v) is 5.34. The van der Waals surface area contributed by atoms with Crippen molar-refractivity contribution in [1.29, 1.82) is 0 Å². The Hall–Kier alpha value is -0.580. The van der Waals surface area contributed by atoms with Gasteiger partial charge in [0, 0.05) is 31.4 Å². The molecule has 1 unspecified atom stereocenters. The summed E-state index contributed by atoms with van der Waals surface area (Å²) in [6, 6.07) is 0. The molecule has 5 heteroatoms. The lowest BCUT2D eigenvalue weighted by atomic mass is 9.85. The summed E-state index contributed by atoms with van der Waals surface area (Å²) < 4.78 is 7.17. The molecule has 1 atom stereocenters. The number of ether oxygens (including phenoxy) is 1. The third-order valence-corrected chi connectivity index (χ3v) is 3.98. The van der Waals surface area contributed by atoms with Crippen LogP contribution in [0.2, 0.25) is 5.15 Å². The van der Waals surface area contributed by atoms with Crippen molar-refractivity contribution in [3.05, 3.63) is 16.4 Å². The monoisotopic (exact) mass is 257 g/mol. The van der Waals surface area contributed by atoms with Crippen molar-refractivity contribution >= 4 is 11.6 Å². The van der Waals surface area contributed by atoms with Gasteiger partial charge in [0.1, 0.15) is 5.15 Å². The second-order valence-electron chi connectivity index (χ2n) is 4.98. The molecule has 1 saturated heterocycles. The van der Waals surface area contributed by atoms with E-state index in [1.165, 1.54) is 0 Å². The van der Waals surface area contributed by atoms with Gasteiger partial charge in [0.2, 0.25) is 0 Å². The Morgan fingerprint density at radius 3 is 2.88 bits per heavy atom. The molecule has 0 saturated carbocycles. The topological polar surface area (TPSA) is 53.1 Å². The predicted molar refractivity (Wildman–Crippen MR) is 68.2 cm³/mol. The van der Waals surface area contributed by atoms with Crippen molar-refractivity contribution in [3.63, 3.8) is 0 Å². The normalized spacial score (nSPS) is 25.9. The molecule has 2 N–H and O–H groups in total. The van der Waals surface area contributed by atoms with Gasteiger partial charge in [-0.15, -0.1) is 0 Å². The minimum Gasteiger partial charge on any atom is -0.381 e. The van der Waals surface area contributed by atoms with Crippen LogP contribution in [0.15, 0.2) is 0 Å². The van der Waals surface area contributed by atoms with E-state index in [1.807, 2.05) is 14.0 Å². The maximum absolute atomic E-state index is 6.46. The molecule has 0 bridgehead atoms. The van der Waals surface area contributed by atoms with Crippen molar-refractivity contribution in [2.24, 2.45) is 12.8 Å². The summed E-state index contributed by atoms with van der Waals surface area (Å²) in [7, 11) is 1.86. The lowest BCUT2D eigenvalue weighted by molar-refractivity contribution is 0.139. The average Bonchev–Trinajstić information content (AvgIpc) is 2.48. The number of halogens is 1. The molecule has 2 rings (SSSR count). The average molecular weight is 258 g/mol. The lowest BCUT2D eigenvalue weighted by Crippen LogP contribution is -2.42. The summed E-state index contributed by atoms with van der Waals surface area (Å²) in [4.78, 5) is 0. The Labute approximate surface area is 107 Å². The van der Waals surface area contributed by atoms with Crippen LogP contribution in [0.3, 0.4) is 0 Å². The SMILES string of the molecule is Cc1nn(C)c(Cl)c1CC1(N)CCCOCC1. The fraction of sp³-hybridized carbons (Fsp3) is 0.750. The quantitative estimate of drug-likeness (QED) is 0.879. The Morgan fingerprint density at radius 2 is 2.24 bits per heavy atom. The lowest BCUT2D eigenvalue weighted by Gasteiger charge is -2.27. The molecule has 4 nitrogen and oxygen atoms in total. The van der Waals surface area contributed by atoms with Gasteiger partial charge in [-0.1, -0.05) is 11.6 Å².